The van der Waals surface area contributed by atoms with Crippen LogP contribution in [0, 0.1) is 5.92 Å². The molecule has 1 aromatic rings. The average molecular weight is 314 g/mol. The molecule has 0 aromatic heterocycles. The molecule has 0 aliphatic carbocycles. The Morgan fingerprint density at radius 3 is 2.67 bits per heavy atom. The second kappa shape index (κ2) is 7.54. The van der Waals surface area contributed by atoms with Crippen molar-refractivity contribution in [3.8, 4) is 0 Å². The van der Waals surface area contributed by atoms with E-state index >= 15 is 0 Å². The van der Waals surface area contributed by atoms with Crippen LogP contribution in [0.25, 0.3) is 0 Å². The van der Waals surface area contributed by atoms with Crippen LogP contribution in [0.4, 0.5) is 0 Å². The summed E-state index contributed by atoms with van der Waals surface area (Å²) >= 11 is 3.49. The van der Waals surface area contributed by atoms with Crippen molar-refractivity contribution in [3.05, 3.63) is 34.3 Å². The van der Waals surface area contributed by atoms with Gasteiger partial charge in [-0.15, -0.1) is 0 Å². The van der Waals surface area contributed by atoms with E-state index in [-0.39, 0.29) is 11.8 Å². The molecule has 0 aliphatic heterocycles. The third kappa shape index (κ3) is 4.78. The number of hydrogen-bond acceptors (Lipinski definition) is 2. The van der Waals surface area contributed by atoms with Crippen LogP contribution in [-0.4, -0.2) is 23.7 Å². The number of nitrogens with one attached hydrogen (secondary N) is 1. The molecule has 0 saturated carbocycles. The second-order valence-corrected chi connectivity index (χ2v) is 5.35. The number of hydrogen-bond donors (Lipinski definition) is 2. The van der Waals surface area contributed by atoms with E-state index in [9.17, 15) is 4.79 Å². The van der Waals surface area contributed by atoms with Crippen molar-refractivity contribution in [3.63, 3.8) is 0 Å². The van der Waals surface area contributed by atoms with Crippen molar-refractivity contribution in [2.24, 2.45) is 5.92 Å². The summed E-state index contributed by atoms with van der Waals surface area (Å²) < 4.78 is 1.03. The Bertz CT molecular complexity index is 393. The third-order valence-corrected chi connectivity index (χ3v) is 3.63. The molecule has 2 N–H and O–H groups in total. The predicted molar refractivity (Wildman–Crippen MR) is 76.3 cm³/mol. The molecule has 4 heteroatoms. The van der Waals surface area contributed by atoms with Crippen molar-refractivity contribution < 1.29 is 9.90 Å². The van der Waals surface area contributed by atoms with E-state index in [1.165, 1.54) is 0 Å². The molecule has 18 heavy (non-hydrogen) atoms. The van der Waals surface area contributed by atoms with E-state index in [1.807, 2.05) is 31.2 Å². The zero-order chi connectivity index (χ0) is 13.5. The van der Waals surface area contributed by atoms with Gasteiger partial charge in [-0.3, -0.25) is 4.79 Å². The largest absolute Gasteiger partial charge is 0.392 e. The molecule has 100 valence electrons. The molecule has 0 saturated heterocycles. The number of carbonyl (C=O) groups is 1. The first-order valence-corrected chi connectivity index (χ1v) is 7.03. The maximum Gasteiger partial charge on any atom is 0.223 e. The first-order valence-electron chi connectivity index (χ1n) is 6.23. The lowest BCUT2D eigenvalue weighted by atomic mass is 9.96. The van der Waals surface area contributed by atoms with E-state index in [4.69, 9.17) is 5.11 Å². The summed E-state index contributed by atoms with van der Waals surface area (Å²) in [6.45, 7) is 3.98. The SMILES string of the molecule is CCC(Cc1ccccc1Br)C(=O)NCC(C)O. The Morgan fingerprint density at radius 2 is 2.11 bits per heavy atom. The lowest BCUT2D eigenvalue weighted by Crippen LogP contribution is -2.36. The number of aliphatic hydroxyl groups is 1. The Hall–Kier alpha value is -0.870. The van der Waals surface area contributed by atoms with Crippen LogP contribution < -0.4 is 5.32 Å². The molecule has 0 radical (unpaired) electrons. The van der Waals surface area contributed by atoms with Gasteiger partial charge >= 0.3 is 0 Å². The third-order valence-electron chi connectivity index (χ3n) is 2.86. The van der Waals surface area contributed by atoms with Crippen LogP contribution in [-0.2, 0) is 11.2 Å². The Balaban J connectivity index is 2.62. The lowest BCUT2D eigenvalue weighted by molar-refractivity contribution is -0.125. The molecule has 0 aliphatic rings. The second-order valence-electron chi connectivity index (χ2n) is 4.49. The normalized spacial score (nSPS) is 14.0. The summed E-state index contributed by atoms with van der Waals surface area (Å²) in [4.78, 5) is 12.0. The first-order chi connectivity index (χ1) is 8.54. The van der Waals surface area contributed by atoms with Crippen LogP contribution >= 0.6 is 15.9 Å². The Kier molecular flexibility index (Phi) is 6.36. The van der Waals surface area contributed by atoms with E-state index in [1.54, 1.807) is 6.92 Å². The van der Waals surface area contributed by atoms with Crippen LogP contribution in [0.1, 0.15) is 25.8 Å². The van der Waals surface area contributed by atoms with Crippen LogP contribution in [0.2, 0.25) is 0 Å². The predicted octanol–water partition coefficient (Wildman–Crippen LogP) is 2.51. The summed E-state index contributed by atoms with van der Waals surface area (Å²) in [5.74, 6) is -0.0448. The summed E-state index contributed by atoms with van der Waals surface area (Å²) in [5, 5.41) is 11.9. The van der Waals surface area contributed by atoms with E-state index in [2.05, 4.69) is 21.2 Å². The van der Waals surface area contributed by atoms with Gasteiger partial charge in [-0.05, 0) is 31.4 Å². The molecule has 2 unspecified atom stereocenters. The van der Waals surface area contributed by atoms with Gasteiger partial charge in [0.1, 0.15) is 0 Å². The molecule has 1 rings (SSSR count). The molecule has 0 fully saturated rings. The topological polar surface area (TPSA) is 49.3 Å². The van der Waals surface area contributed by atoms with Crippen LogP contribution in [0.3, 0.4) is 0 Å². The highest BCUT2D eigenvalue weighted by molar-refractivity contribution is 9.10. The van der Waals surface area contributed by atoms with Crippen LogP contribution in [0.5, 0.6) is 0 Å². The highest BCUT2D eigenvalue weighted by atomic mass is 79.9. The van der Waals surface area contributed by atoms with Gasteiger partial charge in [0, 0.05) is 16.9 Å². The first kappa shape index (κ1) is 15.2. The van der Waals surface area contributed by atoms with Gasteiger partial charge in [0.25, 0.3) is 0 Å². The fourth-order valence-electron chi connectivity index (χ4n) is 1.74. The number of carbonyl (C=O) groups excluding carboxylic acids is 1. The minimum Gasteiger partial charge on any atom is -0.392 e. The fraction of sp³-hybridized carbons (Fsp3) is 0.500. The Morgan fingerprint density at radius 1 is 1.44 bits per heavy atom. The van der Waals surface area contributed by atoms with Gasteiger partial charge in [0.15, 0.2) is 0 Å². The molecular formula is C14H20BrNO2. The van der Waals surface area contributed by atoms with Gasteiger partial charge < -0.3 is 10.4 Å². The highest BCUT2D eigenvalue weighted by Gasteiger charge is 2.18. The molecular weight excluding hydrogens is 294 g/mol. The van der Waals surface area contributed by atoms with E-state index < -0.39 is 6.10 Å². The minimum absolute atomic E-state index is 0.00848. The van der Waals surface area contributed by atoms with Crippen molar-refractivity contribution in [1.82, 2.24) is 5.32 Å². The maximum atomic E-state index is 12.0. The van der Waals surface area contributed by atoms with Gasteiger partial charge in [0.2, 0.25) is 5.91 Å². The lowest BCUT2D eigenvalue weighted by Gasteiger charge is -2.16. The quantitative estimate of drug-likeness (QED) is 0.848. The Labute approximate surface area is 117 Å². The van der Waals surface area contributed by atoms with Gasteiger partial charge in [0.05, 0.1) is 6.10 Å². The monoisotopic (exact) mass is 313 g/mol. The maximum absolute atomic E-state index is 12.0. The summed E-state index contributed by atoms with van der Waals surface area (Å²) in [5.41, 5.74) is 1.14. The van der Waals surface area contributed by atoms with E-state index in [0.717, 1.165) is 16.5 Å². The van der Waals surface area contributed by atoms with E-state index in [0.29, 0.717) is 13.0 Å². The highest BCUT2D eigenvalue weighted by Crippen LogP contribution is 2.21. The van der Waals surface area contributed by atoms with Crippen molar-refractivity contribution in [1.29, 1.82) is 0 Å². The molecule has 3 nitrogen and oxygen atoms in total. The van der Waals surface area contributed by atoms with Crippen LogP contribution in [0.15, 0.2) is 28.7 Å². The summed E-state index contributed by atoms with van der Waals surface area (Å²) in [6.07, 6.45) is 0.992. The fourth-order valence-corrected chi connectivity index (χ4v) is 2.19. The minimum atomic E-state index is -0.505. The number of benzene rings is 1. The zero-order valence-corrected chi connectivity index (χ0v) is 12.4. The number of amides is 1. The average Bonchev–Trinajstić information content (AvgIpc) is 2.35. The van der Waals surface area contributed by atoms with Crippen molar-refractivity contribution >= 4 is 21.8 Å². The van der Waals surface area contributed by atoms with Gasteiger partial charge in [-0.25, -0.2) is 0 Å². The molecule has 0 spiro atoms. The zero-order valence-electron chi connectivity index (χ0n) is 10.8. The molecule has 2 atom stereocenters. The van der Waals surface area contributed by atoms with Gasteiger partial charge in [-0.1, -0.05) is 41.1 Å². The summed E-state index contributed by atoms with van der Waals surface area (Å²) in [6, 6.07) is 7.94. The number of aliphatic hydroxyl groups excluding tert-OH is 1. The number of halogens is 1. The standard InChI is InChI=1S/C14H20BrNO2/c1-3-11(14(18)16-9-10(2)17)8-12-6-4-5-7-13(12)15/h4-7,10-11,17H,3,8-9H2,1-2H3,(H,16,18). The molecule has 1 amide bonds. The van der Waals surface area contributed by atoms with Gasteiger partial charge in [-0.2, -0.15) is 0 Å². The van der Waals surface area contributed by atoms with Crippen molar-refractivity contribution in [2.75, 3.05) is 6.54 Å². The van der Waals surface area contributed by atoms with Crippen molar-refractivity contribution in [2.45, 2.75) is 32.8 Å². The molecule has 0 bridgehead atoms. The summed E-state index contributed by atoms with van der Waals surface area (Å²) in [7, 11) is 0. The number of rotatable bonds is 6. The molecule has 1 aromatic carbocycles. The molecule has 0 heterocycles. The smallest absolute Gasteiger partial charge is 0.223 e.